The first kappa shape index (κ1) is 20.3. The van der Waals surface area contributed by atoms with Crippen LogP contribution in [0.5, 0.6) is 0 Å². The first-order chi connectivity index (χ1) is 13.0. The summed E-state index contributed by atoms with van der Waals surface area (Å²) in [5.74, 6) is 1.30. The Bertz CT molecular complexity index is 676. The maximum atomic E-state index is 12.4. The summed E-state index contributed by atoms with van der Waals surface area (Å²) >= 11 is 0. The van der Waals surface area contributed by atoms with Crippen molar-refractivity contribution >= 4 is 11.8 Å². The van der Waals surface area contributed by atoms with E-state index in [-0.39, 0.29) is 29.2 Å². The highest BCUT2D eigenvalue weighted by atomic mass is 16.5. The summed E-state index contributed by atoms with van der Waals surface area (Å²) in [5, 5.41) is 21.9. The van der Waals surface area contributed by atoms with Gasteiger partial charge < -0.3 is 14.9 Å². The molecule has 4 fully saturated rings. The third-order valence-electron chi connectivity index (χ3n) is 9.71. The first-order valence-electron chi connectivity index (χ1n) is 11.1. The highest BCUT2D eigenvalue weighted by Gasteiger charge is 2.69. The molecule has 0 aromatic carbocycles. The SMILES string of the molecule is CC(=O)O[C@H]1CC[C@@]2(C)[C@@H](CC[C@H]3[C@H]2CC[C@]2(C)[C@@H]3C[C@H](O)[C@@]2(O)C(C)=O)C1. The third-order valence-corrected chi connectivity index (χ3v) is 9.71. The van der Waals surface area contributed by atoms with Crippen LogP contribution in [-0.4, -0.2) is 39.8 Å². The molecule has 0 aromatic heterocycles. The molecule has 5 nitrogen and oxygen atoms in total. The van der Waals surface area contributed by atoms with E-state index in [0.717, 1.165) is 44.9 Å². The Kier molecular flexibility index (Phi) is 4.74. The van der Waals surface area contributed by atoms with E-state index < -0.39 is 17.1 Å². The molecular weight excluding hydrogens is 356 g/mol. The fourth-order valence-electron chi connectivity index (χ4n) is 8.22. The molecule has 0 aromatic rings. The molecule has 158 valence electrons. The minimum atomic E-state index is -1.60. The molecule has 4 saturated carbocycles. The maximum absolute atomic E-state index is 12.4. The van der Waals surface area contributed by atoms with Gasteiger partial charge in [0, 0.05) is 12.3 Å². The Hall–Kier alpha value is -0.940. The Labute approximate surface area is 168 Å². The van der Waals surface area contributed by atoms with Gasteiger partial charge in [-0.1, -0.05) is 13.8 Å². The number of esters is 1. The smallest absolute Gasteiger partial charge is 0.302 e. The fraction of sp³-hybridized carbons (Fsp3) is 0.913. The van der Waals surface area contributed by atoms with Crippen LogP contribution in [0.3, 0.4) is 0 Å². The van der Waals surface area contributed by atoms with Crippen molar-refractivity contribution in [2.45, 2.75) is 96.9 Å². The van der Waals surface area contributed by atoms with Crippen molar-refractivity contribution in [2.24, 2.45) is 34.5 Å². The molecular formula is C23H36O5. The lowest BCUT2D eigenvalue weighted by atomic mass is 9.44. The Morgan fingerprint density at radius 2 is 1.68 bits per heavy atom. The van der Waals surface area contributed by atoms with Crippen LogP contribution in [0.2, 0.25) is 0 Å². The highest BCUT2D eigenvalue weighted by molar-refractivity contribution is 5.87. The zero-order chi connectivity index (χ0) is 20.5. The van der Waals surface area contributed by atoms with Crippen LogP contribution in [0.4, 0.5) is 0 Å². The minimum Gasteiger partial charge on any atom is -0.463 e. The number of aliphatic hydroxyl groups is 2. The highest BCUT2D eigenvalue weighted by Crippen LogP contribution is 2.68. The van der Waals surface area contributed by atoms with Crippen LogP contribution < -0.4 is 0 Å². The number of ether oxygens (including phenoxy) is 1. The van der Waals surface area contributed by atoms with Gasteiger partial charge >= 0.3 is 5.97 Å². The van der Waals surface area contributed by atoms with Crippen molar-refractivity contribution in [2.75, 3.05) is 0 Å². The zero-order valence-corrected chi connectivity index (χ0v) is 17.7. The van der Waals surface area contributed by atoms with Crippen molar-refractivity contribution in [3.8, 4) is 0 Å². The summed E-state index contributed by atoms with van der Waals surface area (Å²) in [6, 6.07) is 0. The Morgan fingerprint density at radius 1 is 0.964 bits per heavy atom. The number of rotatable bonds is 2. The van der Waals surface area contributed by atoms with Gasteiger partial charge in [0.05, 0.1) is 6.10 Å². The van der Waals surface area contributed by atoms with E-state index in [1.807, 2.05) is 6.92 Å². The van der Waals surface area contributed by atoms with Gasteiger partial charge in [-0.05, 0) is 87.4 Å². The van der Waals surface area contributed by atoms with Crippen molar-refractivity contribution in [1.82, 2.24) is 0 Å². The second-order valence-corrected chi connectivity index (χ2v) is 10.7. The summed E-state index contributed by atoms with van der Waals surface area (Å²) in [4.78, 5) is 23.8. The van der Waals surface area contributed by atoms with Crippen molar-refractivity contribution < 1.29 is 24.5 Å². The van der Waals surface area contributed by atoms with Gasteiger partial charge in [-0.3, -0.25) is 9.59 Å². The van der Waals surface area contributed by atoms with E-state index in [0.29, 0.717) is 24.2 Å². The van der Waals surface area contributed by atoms with E-state index >= 15 is 0 Å². The molecule has 0 radical (unpaired) electrons. The number of fused-ring (bicyclic) bond motifs is 5. The molecule has 4 aliphatic rings. The van der Waals surface area contributed by atoms with Gasteiger partial charge in [0.1, 0.15) is 6.10 Å². The monoisotopic (exact) mass is 392 g/mol. The van der Waals surface area contributed by atoms with Crippen molar-refractivity contribution in [3.63, 3.8) is 0 Å². The quantitative estimate of drug-likeness (QED) is 0.705. The number of carbonyl (C=O) groups excluding carboxylic acids is 2. The Balaban J connectivity index is 1.59. The van der Waals surface area contributed by atoms with Crippen LogP contribution >= 0.6 is 0 Å². The number of Topliss-reactive ketones (excluding diaryl/α,β-unsaturated/α-hetero) is 1. The van der Waals surface area contributed by atoms with Gasteiger partial charge in [-0.15, -0.1) is 0 Å². The number of hydrogen-bond donors (Lipinski definition) is 2. The Morgan fingerprint density at radius 3 is 2.32 bits per heavy atom. The van der Waals surface area contributed by atoms with Crippen LogP contribution in [0.1, 0.15) is 79.1 Å². The van der Waals surface area contributed by atoms with Gasteiger partial charge in [0.25, 0.3) is 0 Å². The lowest BCUT2D eigenvalue weighted by Crippen LogP contribution is -2.60. The largest absolute Gasteiger partial charge is 0.463 e. The average Bonchev–Trinajstić information content (AvgIpc) is 2.83. The summed E-state index contributed by atoms with van der Waals surface area (Å²) in [7, 11) is 0. The fourth-order valence-corrected chi connectivity index (χ4v) is 8.22. The molecule has 0 heterocycles. The molecule has 9 atom stereocenters. The van der Waals surface area contributed by atoms with Crippen LogP contribution in [0.25, 0.3) is 0 Å². The van der Waals surface area contributed by atoms with E-state index in [9.17, 15) is 19.8 Å². The average molecular weight is 393 g/mol. The predicted octanol–water partition coefficient (Wildman–Crippen LogP) is 3.25. The second kappa shape index (κ2) is 6.53. The molecule has 4 aliphatic carbocycles. The van der Waals surface area contributed by atoms with Gasteiger partial charge in [-0.2, -0.15) is 0 Å². The molecule has 0 saturated heterocycles. The summed E-state index contributed by atoms with van der Waals surface area (Å²) < 4.78 is 5.53. The second-order valence-electron chi connectivity index (χ2n) is 10.7. The standard InChI is InChI=1S/C23H36O5/c1-13(24)23(27)20(26)12-19-17-6-5-15-11-16(28-14(2)25)7-9-21(15,3)18(17)8-10-22(19,23)4/h15-20,26-27H,5-12H2,1-4H3/t15-,16-,17-,18+,19+,20-,21-,22+,23-/m0/s1. The van der Waals surface area contributed by atoms with E-state index in [2.05, 4.69) is 6.92 Å². The van der Waals surface area contributed by atoms with Gasteiger partial charge in [0.15, 0.2) is 11.4 Å². The van der Waals surface area contributed by atoms with Crippen molar-refractivity contribution in [1.29, 1.82) is 0 Å². The molecule has 0 spiro atoms. The van der Waals surface area contributed by atoms with E-state index in [1.54, 1.807) is 0 Å². The summed E-state index contributed by atoms with van der Waals surface area (Å²) in [6.45, 7) is 7.38. The lowest BCUT2D eigenvalue weighted by molar-refractivity contribution is -0.183. The number of hydrogen-bond acceptors (Lipinski definition) is 5. The minimum absolute atomic E-state index is 0.0529. The summed E-state index contributed by atoms with van der Waals surface area (Å²) in [6.07, 6.45) is 6.58. The van der Waals surface area contributed by atoms with Gasteiger partial charge in [-0.25, -0.2) is 0 Å². The van der Waals surface area contributed by atoms with Gasteiger partial charge in [0.2, 0.25) is 0 Å². The first-order valence-corrected chi connectivity index (χ1v) is 11.1. The molecule has 4 rings (SSSR count). The normalized spacial score (nSPS) is 52.9. The van der Waals surface area contributed by atoms with Crippen molar-refractivity contribution in [3.05, 3.63) is 0 Å². The zero-order valence-electron chi connectivity index (χ0n) is 17.7. The topological polar surface area (TPSA) is 83.8 Å². The predicted molar refractivity (Wildman–Crippen MR) is 104 cm³/mol. The van der Waals surface area contributed by atoms with Crippen LogP contribution in [0, 0.1) is 34.5 Å². The lowest BCUT2D eigenvalue weighted by Gasteiger charge is -2.61. The summed E-state index contributed by atoms with van der Waals surface area (Å²) in [5.41, 5.74) is -1.91. The van der Waals surface area contributed by atoms with E-state index in [4.69, 9.17) is 4.74 Å². The van der Waals surface area contributed by atoms with E-state index in [1.165, 1.54) is 13.8 Å². The molecule has 0 amide bonds. The molecule has 0 bridgehead atoms. The maximum Gasteiger partial charge on any atom is 0.302 e. The third kappa shape index (κ3) is 2.57. The molecule has 0 aliphatic heterocycles. The number of aliphatic hydroxyl groups excluding tert-OH is 1. The van der Waals surface area contributed by atoms with Crippen LogP contribution in [-0.2, 0) is 14.3 Å². The van der Waals surface area contributed by atoms with Crippen LogP contribution in [0.15, 0.2) is 0 Å². The molecule has 0 unspecified atom stereocenters. The number of carbonyl (C=O) groups is 2. The molecule has 2 N–H and O–H groups in total. The molecule has 28 heavy (non-hydrogen) atoms. The number of ketones is 1. The molecule has 5 heteroatoms.